The average Bonchev–Trinajstić information content (AvgIpc) is 2.21. The Hall–Kier alpha value is -0.160. The lowest BCUT2D eigenvalue weighted by molar-refractivity contribution is -0.760. The van der Waals surface area contributed by atoms with E-state index in [1.54, 1.807) is 0 Å². The van der Waals surface area contributed by atoms with E-state index in [1.807, 2.05) is 0 Å². The summed E-state index contributed by atoms with van der Waals surface area (Å²) in [5.74, 6) is 0. The van der Waals surface area contributed by atoms with Crippen LogP contribution >= 0.6 is 0 Å². The van der Waals surface area contributed by atoms with Crippen molar-refractivity contribution in [2.45, 2.75) is 13.3 Å². The van der Waals surface area contributed by atoms with Crippen LogP contribution in [0.2, 0.25) is 0 Å². The maximum absolute atomic E-state index is 2.43. The van der Waals surface area contributed by atoms with Crippen molar-refractivity contribution in [3.63, 3.8) is 0 Å². The van der Waals surface area contributed by atoms with E-state index in [2.05, 4.69) is 35.2 Å². The van der Waals surface area contributed by atoms with E-state index in [1.165, 1.54) is 52.2 Å². The molecule has 0 aliphatic carbocycles. The van der Waals surface area contributed by atoms with E-state index >= 15 is 0 Å². The molecule has 4 nitrogen and oxygen atoms in total. The monoisotopic (exact) mass is 206 g/mol. The Morgan fingerprint density at radius 2 is 1.07 bits per heavy atom. The lowest BCUT2D eigenvalue weighted by Crippen LogP contribution is -3.00. The highest BCUT2D eigenvalue weighted by atomic mass is 15.0. The first-order valence-corrected chi connectivity index (χ1v) is 6.14. The van der Waals surface area contributed by atoms with Crippen molar-refractivity contribution in [2.24, 2.45) is 0 Å². The normalized spacial score (nSPS) is 10.7. The molecule has 0 radical (unpaired) electrons. The van der Waals surface area contributed by atoms with Crippen LogP contribution < -0.4 is 21.3 Å². The minimum absolute atomic E-state index is 1.24. The quantitative estimate of drug-likeness (QED) is 0.245. The number of nitrogens with two attached hydrogens (primary N) is 4. The summed E-state index contributed by atoms with van der Waals surface area (Å²) in [6.07, 6.45) is 1.29. The van der Waals surface area contributed by atoms with Gasteiger partial charge in [-0.25, -0.2) is 0 Å². The lowest BCUT2D eigenvalue weighted by atomic mass is 10.4. The Morgan fingerprint density at radius 1 is 0.643 bits per heavy atom. The van der Waals surface area contributed by atoms with Crippen molar-refractivity contribution < 1.29 is 21.3 Å². The molecule has 14 heavy (non-hydrogen) atoms. The third-order valence-electron chi connectivity index (χ3n) is 2.30. The number of likely N-dealkylation sites (N-methyl/N-ethyl adjacent to an activating group) is 1. The van der Waals surface area contributed by atoms with Crippen LogP contribution in [0.3, 0.4) is 0 Å². The van der Waals surface area contributed by atoms with Crippen LogP contribution in [-0.2, 0) is 0 Å². The summed E-state index contributed by atoms with van der Waals surface area (Å²) in [6.45, 7) is 11.1. The molecule has 0 spiro atoms. The Morgan fingerprint density at radius 3 is 1.50 bits per heavy atom. The molecule has 4 heteroatoms. The van der Waals surface area contributed by atoms with Gasteiger partial charge in [0.25, 0.3) is 0 Å². The van der Waals surface area contributed by atoms with E-state index in [4.69, 9.17) is 0 Å². The maximum Gasteiger partial charge on any atom is 0.125 e. The molecule has 0 aliphatic rings. The van der Waals surface area contributed by atoms with E-state index in [0.717, 1.165) is 0 Å². The summed E-state index contributed by atoms with van der Waals surface area (Å²) in [6, 6.07) is 0. The Bertz CT molecular complexity index is 86.1. The van der Waals surface area contributed by atoms with E-state index in [0.29, 0.717) is 0 Å². The van der Waals surface area contributed by atoms with Crippen molar-refractivity contribution in [1.29, 1.82) is 0 Å². The van der Waals surface area contributed by atoms with Crippen LogP contribution in [0.25, 0.3) is 0 Å². The van der Waals surface area contributed by atoms with Gasteiger partial charge in [-0.1, -0.05) is 6.92 Å². The molecule has 0 atom stereocenters. The van der Waals surface area contributed by atoms with Crippen molar-refractivity contribution in [1.82, 2.24) is 0 Å². The van der Waals surface area contributed by atoms with Gasteiger partial charge in [-0.05, 0) is 6.42 Å². The van der Waals surface area contributed by atoms with Crippen LogP contribution in [0.4, 0.5) is 0 Å². The van der Waals surface area contributed by atoms with E-state index < -0.39 is 0 Å². The summed E-state index contributed by atoms with van der Waals surface area (Å²) >= 11 is 0. The predicted octanol–water partition coefficient (Wildman–Crippen LogP) is -4.72. The first-order valence-electron chi connectivity index (χ1n) is 6.14. The van der Waals surface area contributed by atoms with Gasteiger partial charge >= 0.3 is 0 Å². The predicted molar refractivity (Wildman–Crippen MR) is 58.0 cm³/mol. The fraction of sp³-hybridized carbons (Fsp3) is 1.00. The third-order valence-corrected chi connectivity index (χ3v) is 2.30. The van der Waals surface area contributed by atoms with Crippen molar-refractivity contribution >= 4 is 0 Å². The van der Waals surface area contributed by atoms with Gasteiger partial charge < -0.3 is 21.3 Å². The van der Waals surface area contributed by atoms with Gasteiger partial charge in [-0.2, -0.15) is 0 Å². The zero-order valence-electron chi connectivity index (χ0n) is 9.97. The van der Waals surface area contributed by atoms with E-state index in [-0.39, 0.29) is 0 Å². The molecular weight excluding hydrogens is 176 g/mol. The van der Waals surface area contributed by atoms with Crippen LogP contribution in [0.1, 0.15) is 13.3 Å². The molecule has 0 unspecified atom stereocenters. The molecule has 86 valence electrons. The highest BCUT2D eigenvalue weighted by Gasteiger charge is 1.95. The van der Waals surface area contributed by atoms with Gasteiger partial charge in [0.05, 0.1) is 13.6 Å². The Kier molecular flexibility index (Phi) is 12.7. The molecule has 8 N–H and O–H groups in total. The second kappa shape index (κ2) is 12.8. The molecule has 0 saturated heterocycles. The molecule has 0 fully saturated rings. The summed E-state index contributed by atoms with van der Waals surface area (Å²) in [7, 11) is 2.13. The second-order valence-electron chi connectivity index (χ2n) is 3.79. The Balaban J connectivity index is 2.78. The fourth-order valence-electron chi connectivity index (χ4n) is 1.39. The van der Waals surface area contributed by atoms with Crippen LogP contribution in [0.15, 0.2) is 0 Å². The average molecular weight is 206 g/mol. The van der Waals surface area contributed by atoms with Gasteiger partial charge in [0.15, 0.2) is 0 Å². The van der Waals surface area contributed by atoms with Gasteiger partial charge in [-0.15, -0.1) is 0 Å². The standard InChI is InChI=1S/C10H26N4/c1-3-4-12-7-8-14-10-9-13-6-5-11-2/h11-14H,3-10H2,1-2H3/p+4. The SMILES string of the molecule is CCC[NH2+]CC[NH2+]CC[NH2+]CC[NH2+]C. The fourth-order valence-corrected chi connectivity index (χ4v) is 1.39. The third kappa shape index (κ3) is 11.8. The number of rotatable bonds is 11. The van der Waals surface area contributed by atoms with Crippen molar-refractivity contribution in [3.8, 4) is 0 Å². The summed E-state index contributed by atoms with van der Waals surface area (Å²) in [5.41, 5.74) is 0. The number of quaternary nitrogens is 4. The maximum atomic E-state index is 2.43. The van der Waals surface area contributed by atoms with Gasteiger partial charge in [0.1, 0.15) is 39.3 Å². The topological polar surface area (TPSA) is 66.4 Å². The zero-order chi connectivity index (χ0) is 10.5. The van der Waals surface area contributed by atoms with Crippen molar-refractivity contribution in [2.75, 3.05) is 52.9 Å². The van der Waals surface area contributed by atoms with Crippen LogP contribution in [-0.4, -0.2) is 52.9 Å². The molecule has 0 aromatic carbocycles. The zero-order valence-corrected chi connectivity index (χ0v) is 9.97. The first-order chi connectivity index (χ1) is 6.91. The van der Waals surface area contributed by atoms with Gasteiger partial charge in [0, 0.05) is 0 Å². The number of hydrogen-bond donors (Lipinski definition) is 4. The minimum atomic E-state index is 1.24. The van der Waals surface area contributed by atoms with Gasteiger partial charge in [0.2, 0.25) is 0 Å². The van der Waals surface area contributed by atoms with Crippen LogP contribution in [0, 0.1) is 0 Å². The molecule has 0 aliphatic heterocycles. The highest BCUT2D eigenvalue weighted by Crippen LogP contribution is 1.57. The molecule has 0 saturated carbocycles. The molecular formula is C10H30N4+4. The second-order valence-corrected chi connectivity index (χ2v) is 3.79. The number of hydrogen-bond acceptors (Lipinski definition) is 0. The van der Waals surface area contributed by atoms with E-state index in [9.17, 15) is 0 Å². The Labute approximate surface area is 88.2 Å². The first kappa shape index (κ1) is 13.8. The molecule has 0 aromatic rings. The summed E-state index contributed by atoms with van der Waals surface area (Å²) in [4.78, 5) is 0. The molecule has 0 bridgehead atoms. The lowest BCUT2D eigenvalue weighted by Gasteiger charge is -2.01. The van der Waals surface area contributed by atoms with Gasteiger partial charge in [-0.3, -0.25) is 0 Å². The van der Waals surface area contributed by atoms with Crippen LogP contribution in [0.5, 0.6) is 0 Å². The smallest absolute Gasteiger partial charge is 0.125 e. The largest absolute Gasteiger partial charge is 0.344 e. The molecule has 0 heterocycles. The molecule has 0 aromatic heterocycles. The summed E-state index contributed by atoms with van der Waals surface area (Å²) < 4.78 is 0. The molecule has 0 rings (SSSR count). The van der Waals surface area contributed by atoms with Crippen molar-refractivity contribution in [3.05, 3.63) is 0 Å². The molecule has 0 amide bonds. The minimum Gasteiger partial charge on any atom is -0.344 e. The highest BCUT2D eigenvalue weighted by molar-refractivity contribution is 4.21. The summed E-state index contributed by atoms with van der Waals surface area (Å²) in [5, 5.41) is 9.48.